The maximum atomic E-state index is 12.5. The average molecular weight is 346 g/mol. The molecule has 0 aliphatic heterocycles. The Labute approximate surface area is 142 Å². The van der Waals surface area contributed by atoms with Crippen molar-refractivity contribution in [3.8, 4) is 5.75 Å². The van der Waals surface area contributed by atoms with Crippen LogP contribution in [0, 0.1) is 6.92 Å². The van der Waals surface area contributed by atoms with Gasteiger partial charge in [0.2, 0.25) is 0 Å². The summed E-state index contributed by atoms with van der Waals surface area (Å²) in [4.78, 5) is 15.4. The number of aromatic nitrogens is 1. The molecule has 0 radical (unpaired) electrons. The minimum atomic E-state index is -2.94. The number of amides is 1. The Morgan fingerprint density at radius 1 is 1.28 bits per heavy atom. The predicted octanol–water partition coefficient (Wildman–Crippen LogP) is 3.82. The fourth-order valence-electron chi connectivity index (χ4n) is 2.54. The van der Waals surface area contributed by atoms with E-state index in [0.29, 0.717) is 22.2 Å². The summed E-state index contributed by atoms with van der Waals surface area (Å²) in [7, 11) is 0. The van der Waals surface area contributed by atoms with Gasteiger partial charge in [0.05, 0.1) is 6.61 Å². The van der Waals surface area contributed by atoms with E-state index in [-0.39, 0.29) is 18.1 Å². The van der Waals surface area contributed by atoms with Crippen molar-refractivity contribution < 1.29 is 23.4 Å². The number of halogens is 2. The van der Waals surface area contributed by atoms with Gasteiger partial charge in [0, 0.05) is 16.6 Å². The van der Waals surface area contributed by atoms with Gasteiger partial charge >= 0.3 is 6.61 Å². The summed E-state index contributed by atoms with van der Waals surface area (Å²) in [6.07, 6.45) is 0. The third-order valence-electron chi connectivity index (χ3n) is 3.82. The Balaban J connectivity index is 1.90. The largest absolute Gasteiger partial charge is 0.434 e. The van der Waals surface area contributed by atoms with Crippen LogP contribution in [0.5, 0.6) is 5.75 Å². The summed E-state index contributed by atoms with van der Waals surface area (Å²) in [6.45, 7) is -1.25. The van der Waals surface area contributed by atoms with E-state index in [1.807, 2.05) is 6.92 Å². The number of carbonyl (C=O) groups is 1. The number of aryl methyl sites for hydroxylation is 1. The number of benzene rings is 2. The number of aromatic amines is 1. The van der Waals surface area contributed by atoms with Crippen molar-refractivity contribution >= 4 is 22.5 Å². The van der Waals surface area contributed by atoms with Crippen molar-refractivity contribution in [2.75, 3.05) is 5.32 Å². The van der Waals surface area contributed by atoms with Gasteiger partial charge in [0.15, 0.2) is 0 Å². The van der Waals surface area contributed by atoms with E-state index in [1.54, 1.807) is 30.3 Å². The van der Waals surface area contributed by atoms with Crippen LogP contribution in [0.2, 0.25) is 0 Å². The van der Waals surface area contributed by atoms with Crippen LogP contribution in [-0.2, 0) is 6.61 Å². The van der Waals surface area contributed by atoms with Crippen molar-refractivity contribution in [2.45, 2.75) is 20.1 Å². The molecule has 3 rings (SSSR count). The highest BCUT2D eigenvalue weighted by Crippen LogP contribution is 2.28. The van der Waals surface area contributed by atoms with Crippen molar-refractivity contribution in [3.05, 3.63) is 59.3 Å². The van der Waals surface area contributed by atoms with Crippen molar-refractivity contribution in [2.24, 2.45) is 0 Å². The van der Waals surface area contributed by atoms with Crippen LogP contribution >= 0.6 is 0 Å². The molecule has 1 amide bonds. The molecule has 130 valence electrons. The minimum absolute atomic E-state index is 0.00117. The van der Waals surface area contributed by atoms with Gasteiger partial charge in [-0.25, -0.2) is 0 Å². The summed E-state index contributed by atoms with van der Waals surface area (Å²) < 4.78 is 29.4. The Bertz CT molecular complexity index is 922. The van der Waals surface area contributed by atoms with Gasteiger partial charge in [0.25, 0.3) is 5.91 Å². The van der Waals surface area contributed by atoms with E-state index in [2.05, 4.69) is 15.0 Å². The van der Waals surface area contributed by atoms with Gasteiger partial charge in [-0.2, -0.15) is 8.78 Å². The number of hydrogen-bond acceptors (Lipinski definition) is 3. The predicted molar refractivity (Wildman–Crippen MR) is 90.0 cm³/mol. The summed E-state index contributed by atoms with van der Waals surface area (Å²) in [5, 5.41) is 12.4. The maximum absolute atomic E-state index is 12.5. The first-order valence-electron chi connectivity index (χ1n) is 7.56. The Hall–Kier alpha value is -2.93. The first kappa shape index (κ1) is 16.9. The monoisotopic (exact) mass is 346 g/mol. The van der Waals surface area contributed by atoms with Crippen LogP contribution in [0.3, 0.4) is 0 Å². The average Bonchev–Trinajstić information content (AvgIpc) is 3.02. The second-order valence-electron chi connectivity index (χ2n) is 5.54. The van der Waals surface area contributed by atoms with E-state index in [4.69, 9.17) is 0 Å². The fourth-order valence-corrected chi connectivity index (χ4v) is 2.54. The Morgan fingerprint density at radius 2 is 2.08 bits per heavy atom. The van der Waals surface area contributed by atoms with Crippen LogP contribution in [0.4, 0.5) is 14.5 Å². The summed E-state index contributed by atoms with van der Waals surface area (Å²) in [5.41, 5.74) is 2.81. The number of nitrogens with one attached hydrogen (secondary N) is 2. The zero-order valence-electron chi connectivity index (χ0n) is 13.3. The molecule has 0 unspecified atom stereocenters. The van der Waals surface area contributed by atoms with Crippen LogP contribution in [-0.4, -0.2) is 22.6 Å². The van der Waals surface area contributed by atoms with E-state index in [0.717, 1.165) is 5.56 Å². The van der Waals surface area contributed by atoms with Gasteiger partial charge in [-0.05, 0) is 42.3 Å². The standard InChI is InChI=1S/C18H16F2N2O3/c1-10-5-6-11(9-23)7-14(10)22-17(24)15-8-12-13(21-15)3-2-4-16(12)25-18(19)20/h2-8,18,21,23H,9H2,1H3,(H,22,24). The molecule has 0 fully saturated rings. The first-order valence-corrected chi connectivity index (χ1v) is 7.56. The zero-order chi connectivity index (χ0) is 18.0. The Morgan fingerprint density at radius 3 is 2.80 bits per heavy atom. The molecule has 7 heteroatoms. The molecule has 1 aromatic heterocycles. The van der Waals surface area contributed by atoms with E-state index < -0.39 is 12.5 Å². The summed E-state index contributed by atoms with van der Waals surface area (Å²) in [5.74, 6) is -0.418. The molecule has 1 heterocycles. The molecular formula is C18H16F2N2O3. The lowest BCUT2D eigenvalue weighted by molar-refractivity contribution is -0.0487. The first-order chi connectivity index (χ1) is 12.0. The molecule has 2 aromatic carbocycles. The molecule has 0 saturated heterocycles. The normalized spacial score (nSPS) is 11.1. The van der Waals surface area contributed by atoms with Crippen molar-refractivity contribution in [3.63, 3.8) is 0 Å². The smallest absolute Gasteiger partial charge is 0.387 e. The fraction of sp³-hybridized carbons (Fsp3) is 0.167. The second-order valence-corrected chi connectivity index (χ2v) is 5.54. The minimum Gasteiger partial charge on any atom is -0.434 e. The molecule has 0 aliphatic rings. The Kier molecular flexibility index (Phi) is 4.67. The molecule has 0 atom stereocenters. The number of aliphatic hydroxyl groups excluding tert-OH is 1. The number of rotatable bonds is 5. The number of H-pyrrole nitrogens is 1. The lowest BCUT2D eigenvalue weighted by Gasteiger charge is -2.09. The lowest BCUT2D eigenvalue weighted by atomic mass is 10.1. The summed E-state index contributed by atoms with van der Waals surface area (Å²) in [6, 6.07) is 11.4. The number of carbonyl (C=O) groups excluding carboxylic acids is 1. The van der Waals surface area contributed by atoms with Crippen LogP contribution in [0.25, 0.3) is 10.9 Å². The molecule has 3 N–H and O–H groups in total. The molecule has 0 aliphatic carbocycles. The molecular weight excluding hydrogens is 330 g/mol. The van der Waals surface area contributed by atoms with Gasteiger partial charge in [-0.1, -0.05) is 18.2 Å². The summed E-state index contributed by atoms with van der Waals surface area (Å²) >= 11 is 0. The van der Waals surface area contributed by atoms with E-state index in [9.17, 15) is 18.7 Å². The third kappa shape index (κ3) is 3.61. The number of anilines is 1. The van der Waals surface area contributed by atoms with Crippen LogP contribution < -0.4 is 10.1 Å². The molecule has 5 nitrogen and oxygen atoms in total. The molecule has 3 aromatic rings. The highest BCUT2D eigenvalue weighted by molar-refractivity contribution is 6.07. The van der Waals surface area contributed by atoms with Gasteiger partial charge in [-0.15, -0.1) is 0 Å². The molecule has 25 heavy (non-hydrogen) atoms. The molecule has 0 bridgehead atoms. The van der Waals surface area contributed by atoms with Gasteiger partial charge in [0.1, 0.15) is 11.4 Å². The van der Waals surface area contributed by atoms with Crippen LogP contribution in [0.15, 0.2) is 42.5 Å². The number of fused-ring (bicyclic) bond motifs is 1. The van der Waals surface area contributed by atoms with Crippen molar-refractivity contribution in [1.29, 1.82) is 0 Å². The maximum Gasteiger partial charge on any atom is 0.387 e. The lowest BCUT2D eigenvalue weighted by Crippen LogP contribution is -2.13. The molecule has 0 spiro atoms. The van der Waals surface area contributed by atoms with Crippen molar-refractivity contribution in [1.82, 2.24) is 4.98 Å². The van der Waals surface area contributed by atoms with Crippen LogP contribution in [0.1, 0.15) is 21.6 Å². The number of ether oxygens (including phenoxy) is 1. The third-order valence-corrected chi connectivity index (χ3v) is 3.82. The number of hydrogen-bond donors (Lipinski definition) is 3. The van der Waals surface area contributed by atoms with Gasteiger partial charge in [-0.3, -0.25) is 4.79 Å². The topological polar surface area (TPSA) is 74.3 Å². The highest BCUT2D eigenvalue weighted by atomic mass is 19.3. The quantitative estimate of drug-likeness (QED) is 0.657. The SMILES string of the molecule is Cc1ccc(CO)cc1NC(=O)c1cc2c(OC(F)F)cccc2[nH]1. The van der Waals surface area contributed by atoms with E-state index >= 15 is 0 Å². The molecule has 0 saturated carbocycles. The van der Waals surface area contributed by atoms with E-state index in [1.165, 1.54) is 12.1 Å². The highest BCUT2D eigenvalue weighted by Gasteiger charge is 2.15. The number of aliphatic hydroxyl groups is 1. The second kappa shape index (κ2) is 6.90. The van der Waals surface area contributed by atoms with Gasteiger partial charge < -0.3 is 20.1 Å². The number of alkyl halides is 2. The zero-order valence-corrected chi connectivity index (χ0v) is 13.3.